The van der Waals surface area contributed by atoms with E-state index in [0.29, 0.717) is 24.7 Å². The fourth-order valence-corrected chi connectivity index (χ4v) is 4.38. The van der Waals surface area contributed by atoms with Gasteiger partial charge in [-0.2, -0.15) is 0 Å². The number of nitrogens with one attached hydrogen (secondary N) is 3. The molecule has 2 amide bonds. The first-order valence-corrected chi connectivity index (χ1v) is 10.6. The molecular weight excluding hydrogens is 358 g/mol. The summed E-state index contributed by atoms with van der Waals surface area (Å²) in [6.07, 6.45) is 10.0. The number of aromatic nitrogens is 2. The standard InChI is InChI=1S/C20H31N5O3/c26-19(24-15-5-7-28-8-6-15)9-16-3-4-17(25(16)12-14-1-2-14)10-22-20(27)18-11-21-13-23-18/h11,13-17H,1-10,12H2,(H,21,23)(H,22,27)(H,24,26)/t16-,17+/m1/s1. The van der Waals surface area contributed by atoms with Crippen LogP contribution in [-0.4, -0.2) is 71.1 Å². The summed E-state index contributed by atoms with van der Waals surface area (Å²) in [4.78, 5) is 34.0. The highest BCUT2D eigenvalue weighted by molar-refractivity contribution is 5.91. The SMILES string of the molecule is O=C(C[C@H]1CC[C@@H](CNC(=O)c2cnc[nH]2)N1CC1CC1)NC1CCOCC1. The number of carbonyl (C=O) groups excluding carboxylic acids is 2. The Morgan fingerprint density at radius 2 is 1.93 bits per heavy atom. The second-order valence-electron chi connectivity index (χ2n) is 8.36. The maximum Gasteiger partial charge on any atom is 0.269 e. The third-order valence-electron chi connectivity index (χ3n) is 6.19. The fraction of sp³-hybridized carbons (Fsp3) is 0.750. The van der Waals surface area contributed by atoms with E-state index in [-0.39, 0.29) is 23.9 Å². The number of ether oxygens (including phenoxy) is 1. The van der Waals surface area contributed by atoms with E-state index >= 15 is 0 Å². The van der Waals surface area contributed by atoms with Crippen LogP contribution in [0.15, 0.2) is 12.5 Å². The number of rotatable bonds is 8. The molecular formula is C20H31N5O3. The van der Waals surface area contributed by atoms with Crippen molar-refractivity contribution in [1.29, 1.82) is 0 Å². The molecule has 0 spiro atoms. The topological polar surface area (TPSA) is 99.3 Å². The van der Waals surface area contributed by atoms with E-state index in [1.54, 1.807) is 0 Å². The fourth-order valence-electron chi connectivity index (χ4n) is 4.38. The van der Waals surface area contributed by atoms with Gasteiger partial charge in [-0.1, -0.05) is 0 Å². The number of likely N-dealkylation sites (tertiary alicyclic amines) is 1. The van der Waals surface area contributed by atoms with Crippen molar-refractivity contribution in [2.24, 2.45) is 5.92 Å². The van der Waals surface area contributed by atoms with E-state index in [0.717, 1.165) is 51.4 Å². The molecule has 8 heteroatoms. The van der Waals surface area contributed by atoms with Crippen LogP contribution in [0.3, 0.4) is 0 Å². The van der Waals surface area contributed by atoms with Crippen LogP contribution in [0, 0.1) is 5.92 Å². The van der Waals surface area contributed by atoms with E-state index in [9.17, 15) is 9.59 Å². The smallest absolute Gasteiger partial charge is 0.269 e. The maximum absolute atomic E-state index is 12.6. The normalized spacial score (nSPS) is 26.3. The molecule has 154 valence electrons. The van der Waals surface area contributed by atoms with Gasteiger partial charge in [0.1, 0.15) is 5.69 Å². The summed E-state index contributed by atoms with van der Waals surface area (Å²) < 4.78 is 5.37. The lowest BCUT2D eigenvalue weighted by Crippen LogP contribution is -2.46. The highest BCUT2D eigenvalue weighted by Gasteiger charge is 2.38. The van der Waals surface area contributed by atoms with Crippen LogP contribution in [0.4, 0.5) is 0 Å². The number of H-pyrrole nitrogens is 1. The van der Waals surface area contributed by atoms with Crippen molar-refractivity contribution in [2.45, 2.75) is 63.1 Å². The molecule has 2 atom stereocenters. The molecule has 3 N–H and O–H groups in total. The van der Waals surface area contributed by atoms with Crippen molar-refractivity contribution in [3.63, 3.8) is 0 Å². The largest absolute Gasteiger partial charge is 0.381 e. The lowest BCUT2D eigenvalue weighted by molar-refractivity contribution is -0.123. The molecule has 3 aliphatic rings. The zero-order chi connectivity index (χ0) is 19.3. The van der Waals surface area contributed by atoms with Crippen molar-refractivity contribution in [3.8, 4) is 0 Å². The van der Waals surface area contributed by atoms with Gasteiger partial charge >= 0.3 is 0 Å². The Hall–Kier alpha value is -1.93. The average molecular weight is 390 g/mol. The summed E-state index contributed by atoms with van der Waals surface area (Å²) in [6.45, 7) is 3.13. The monoisotopic (exact) mass is 389 g/mol. The van der Waals surface area contributed by atoms with Gasteiger partial charge in [-0.05, 0) is 44.4 Å². The number of carbonyl (C=O) groups is 2. The Morgan fingerprint density at radius 3 is 2.64 bits per heavy atom. The summed E-state index contributed by atoms with van der Waals surface area (Å²) in [5.74, 6) is 0.786. The first kappa shape index (κ1) is 19.4. The van der Waals surface area contributed by atoms with Gasteiger partial charge in [0.15, 0.2) is 0 Å². The second kappa shape index (κ2) is 9.05. The lowest BCUT2D eigenvalue weighted by atomic mass is 10.1. The quantitative estimate of drug-likeness (QED) is 0.618. The van der Waals surface area contributed by atoms with Gasteiger partial charge < -0.3 is 20.4 Å². The zero-order valence-electron chi connectivity index (χ0n) is 16.4. The molecule has 0 aromatic carbocycles. The van der Waals surface area contributed by atoms with Gasteiger partial charge in [0, 0.05) is 50.8 Å². The summed E-state index contributed by atoms with van der Waals surface area (Å²) in [7, 11) is 0. The Bertz CT molecular complexity index is 655. The van der Waals surface area contributed by atoms with Crippen LogP contribution in [0.25, 0.3) is 0 Å². The van der Waals surface area contributed by atoms with Crippen LogP contribution in [-0.2, 0) is 9.53 Å². The highest BCUT2D eigenvalue weighted by Crippen LogP contribution is 2.35. The van der Waals surface area contributed by atoms with Gasteiger partial charge in [-0.3, -0.25) is 14.5 Å². The summed E-state index contributed by atoms with van der Waals surface area (Å²) in [5, 5.41) is 6.22. The van der Waals surface area contributed by atoms with Gasteiger partial charge in [-0.15, -0.1) is 0 Å². The van der Waals surface area contributed by atoms with Crippen LogP contribution >= 0.6 is 0 Å². The van der Waals surface area contributed by atoms with Crippen molar-refractivity contribution in [1.82, 2.24) is 25.5 Å². The average Bonchev–Trinajstić information content (AvgIpc) is 3.20. The summed E-state index contributed by atoms with van der Waals surface area (Å²) >= 11 is 0. The lowest BCUT2D eigenvalue weighted by Gasteiger charge is -2.31. The predicted molar refractivity (Wildman–Crippen MR) is 104 cm³/mol. The molecule has 1 aliphatic carbocycles. The Labute approximate surface area is 165 Å². The van der Waals surface area contributed by atoms with E-state index < -0.39 is 0 Å². The third-order valence-corrected chi connectivity index (χ3v) is 6.19. The van der Waals surface area contributed by atoms with Crippen LogP contribution < -0.4 is 10.6 Å². The van der Waals surface area contributed by atoms with Crippen LogP contribution in [0.5, 0.6) is 0 Å². The number of nitrogens with zero attached hydrogens (tertiary/aromatic N) is 2. The van der Waals surface area contributed by atoms with E-state index in [1.165, 1.54) is 25.4 Å². The molecule has 28 heavy (non-hydrogen) atoms. The number of imidazole rings is 1. The zero-order valence-corrected chi connectivity index (χ0v) is 16.4. The van der Waals surface area contributed by atoms with Crippen LogP contribution in [0.1, 0.15) is 55.4 Å². The molecule has 1 aromatic heterocycles. The number of aromatic amines is 1. The molecule has 3 fully saturated rings. The minimum Gasteiger partial charge on any atom is -0.381 e. The van der Waals surface area contributed by atoms with E-state index in [2.05, 4.69) is 25.5 Å². The molecule has 2 aliphatic heterocycles. The molecule has 1 aromatic rings. The van der Waals surface area contributed by atoms with Gasteiger partial charge in [0.2, 0.25) is 5.91 Å². The van der Waals surface area contributed by atoms with Gasteiger partial charge in [0.25, 0.3) is 5.91 Å². The number of hydrogen-bond donors (Lipinski definition) is 3. The first-order valence-electron chi connectivity index (χ1n) is 10.6. The maximum atomic E-state index is 12.6. The molecule has 4 rings (SSSR count). The Morgan fingerprint density at radius 1 is 1.14 bits per heavy atom. The van der Waals surface area contributed by atoms with Crippen molar-refractivity contribution >= 4 is 11.8 Å². The Balaban J connectivity index is 1.29. The molecule has 0 radical (unpaired) electrons. The van der Waals surface area contributed by atoms with Crippen molar-refractivity contribution in [2.75, 3.05) is 26.3 Å². The summed E-state index contributed by atoms with van der Waals surface area (Å²) in [5.41, 5.74) is 0.485. The summed E-state index contributed by atoms with van der Waals surface area (Å²) in [6, 6.07) is 0.826. The van der Waals surface area contributed by atoms with Gasteiger partial charge in [0.05, 0.1) is 12.5 Å². The molecule has 1 saturated carbocycles. The van der Waals surface area contributed by atoms with E-state index in [1.807, 2.05) is 0 Å². The second-order valence-corrected chi connectivity index (χ2v) is 8.36. The van der Waals surface area contributed by atoms with E-state index in [4.69, 9.17) is 4.74 Å². The molecule has 2 saturated heterocycles. The Kier molecular flexibility index (Phi) is 6.26. The van der Waals surface area contributed by atoms with Crippen molar-refractivity contribution < 1.29 is 14.3 Å². The van der Waals surface area contributed by atoms with Crippen molar-refractivity contribution in [3.05, 3.63) is 18.2 Å². The number of hydrogen-bond acceptors (Lipinski definition) is 5. The molecule has 0 bridgehead atoms. The highest BCUT2D eigenvalue weighted by atomic mass is 16.5. The minimum atomic E-state index is -0.121. The number of amides is 2. The third kappa shape index (κ3) is 5.11. The molecule has 3 heterocycles. The molecule has 8 nitrogen and oxygen atoms in total. The van der Waals surface area contributed by atoms with Crippen LogP contribution in [0.2, 0.25) is 0 Å². The predicted octanol–water partition coefficient (Wildman–Crippen LogP) is 1.07. The first-order chi connectivity index (χ1) is 13.7. The molecule has 0 unspecified atom stereocenters. The van der Waals surface area contributed by atoms with Gasteiger partial charge in [-0.25, -0.2) is 4.98 Å². The minimum absolute atomic E-state index is 0.121.